The summed E-state index contributed by atoms with van der Waals surface area (Å²) < 4.78 is 5.48. The van der Waals surface area contributed by atoms with Gasteiger partial charge in [-0.3, -0.25) is 0 Å². The zero-order valence-electron chi connectivity index (χ0n) is 17.1. The van der Waals surface area contributed by atoms with Gasteiger partial charge in [0.15, 0.2) is 0 Å². The summed E-state index contributed by atoms with van der Waals surface area (Å²) in [4.78, 5) is 14.1. The number of aryl methyl sites for hydroxylation is 1. The molecule has 2 rings (SSSR count). The molecule has 0 aromatic heterocycles. The summed E-state index contributed by atoms with van der Waals surface area (Å²) >= 11 is 0. The van der Waals surface area contributed by atoms with E-state index in [1.807, 2.05) is 52.8 Å². The summed E-state index contributed by atoms with van der Waals surface area (Å²) in [5.41, 5.74) is -0.175. The molecular weight excluding hydrogens is 330 g/mol. The van der Waals surface area contributed by atoms with E-state index in [2.05, 4.69) is 0 Å². The largest absolute Gasteiger partial charge is 0.444 e. The molecule has 1 aliphatic rings. The zero-order valence-corrected chi connectivity index (χ0v) is 17.1. The van der Waals surface area contributed by atoms with Gasteiger partial charge in [0.25, 0.3) is 0 Å². The summed E-state index contributed by atoms with van der Waals surface area (Å²) in [5.74, 6) is 0. The molecule has 1 heterocycles. The quantitative estimate of drug-likeness (QED) is 0.838. The Balaban J connectivity index is 2.29. The SMILES string of the molecule is Cc1ccc(C(C)(C)O)c(C2(O)CCN(C(=O)OC(C)(C)C)[C@@H](C)C2)c1. The van der Waals surface area contributed by atoms with Crippen molar-refractivity contribution in [2.24, 2.45) is 0 Å². The zero-order chi connectivity index (χ0) is 19.9. The molecule has 0 radical (unpaired) electrons. The fourth-order valence-corrected chi connectivity index (χ4v) is 3.64. The first-order valence-corrected chi connectivity index (χ1v) is 9.29. The van der Waals surface area contributed by atoms with Crippen LogP contribution in [0.4, 0.5) is 4.79 Å². The van der Waals surface area contributed by atoms with Crippen LogP contribution in [-0.2, 0) is 15.9 Å². The molecule has 2 N–H and O–H groups in total. The summed E-state index contributed by atoms with van der Waals surface area (Å²) in [6.07, 6.45) is 0.459. The topological polar surface area (TPSA) is 70.0 Å². The van der Waals surface area contributed by atoms with Crippen molar-refractivity contribution in [3.63, 3.8) is 0 Å². The van der Waals surface area contributed by atoms with Crippen LogP contribution in [0.3, 0.4) is 0 Å². The number of nitrogens with zero attached hydrogens (tertiary/aromatic N) is 1. The minimum atomic E-state index is -1.08. The molecule has 1 unspecified atom stereocenters. The third-order valence-corrected chi connectivity index (χ3v) is 4.89. The van der Waals surface area contributed by atoms with Gasteiger partial charge in [-0.05, 0) is 66.0 Å². The van der Waals surface area contributed by atoms with Gasteiger partial charge in [0.05, 0.1) is 11.2 Å². The van der Waals surface area contributed by atoms with E-state index in [-0.39, 0.29) is 12.1 Å². The summed E-state index contributed by atoms with van der Waals surface area (Å²) in [7, 11) is 0. The van der Waals surface area contributed by atoms with Crippen LogP contribution in [0.25, 0.3) is 0 Å². The number of aliphatic hydroxyl groups is 2. The van der Waals surface area contributed by atoms with Gasteiger partial charge in [-0.25, -0.2) is 4.79 Å². The van der Waals surface area contributed by atoms with Gasteiger partial charge in [-0.1, -0.05) is 23.8 Å². The second-order valence-corrected chi connectivity index (χ2v) is 9.12. The van der Waals surface area contributed by atoms with Crippen LogP contribution in [0.5, 0.6) is 0 Å². The van der Waals surface area contributed by atoms with Gasteiger partial charge >= 0.3 is 6.09 Å². The van der Waals surface area contributed by atoms with Crippen molar-refractivity contribution in [2.45, 2.75) is 84.2 Å². The summed E-state index contributed by atoms with van der Waals surface area (Å²) in [5, 5.41) is 22.0. The second-order valence-electron chi connectivity index (χ2n) is 9.12. The van der Waals surface area contributed by atoms with Gasteiger partial charge in [-0.2, -0.15) is 0 Å². The van der Waals surface area contributed by atoms with Gasteiger partial charge in [0, 0.05) is 19.0 Å². The van der Waals surface area contributed by atoms with E-state index in [0.29, 0.717) is 19.4 Å². The normalized spacial score (nSPS) is 24.5. The smallest absolute Gasteiger partial charge is 0.410 e. The average molecular weight is 363 g/mol. The Bertz CT molecular complexity index is 672. The van der Waals surface area contributed by atoms with Crippen molar-refractivity contribution in [2.75, 3.05) is 6.54 Å². The van der Waals surface area contributed by atoms with Crippen molar-refractivity contribution in [1.82, 2.24) is 4.90 Å². The highest BCUT2D eigenvalue weighted by Gasteiger charge is 2.43. The maximum Gasteiger partial charge on any atom is 0.410 e. The van der Waals surface area contributed by atoms with Crippen molar-refractivity contribution in [1.29, 1.82) is 0 Å². The number of carbonyl (C=O) groups is 1. The Labute approximate surface area is 157 Å². The van der Waals surface area contributed by atoms with Crippen molar-refractivity contribution < 1.29 is 19.7 Å². The summed E-state index contributed by atoms with van der Waals surface area (Å²) in [6, 6.07) is 5.61. The predicted molar refractivity (Wildman–Crippen MR) is 102 cm³/mol. The lowest BCUT2D eigenvalue weighted by atomic mass is 9.76. The van der Waals surface area contributed by atoms with E-state index in [1.165, 1.54) is 0 Å². The predicted octanol–water partition coefficient (Wildman–Crippen LogP) is 3.83. The third-order valence-electron chi connectivity index (χ3n) is 4.89. The monoisotopic (exact) mass is 363 g/mol. The molecule has 5 heteroatoms. The molecule has 146 valence electrons. The van der Waals surface area contributed by atoms with Crippen molar-refractivity contribution in [3.05, 3.63) is 34.9 Å². The van der Waals surface area contributed by atoms with Crippen LogP contribution in [-0.4, -0.2) is 39.4 Å². The van der Waals surface area contributed by atoms with E-state index in [1.54, 1.807) is 18.7 Å². The maximum atomic E-state index is 12.4. The first-order chi connectivity index (χ1) is 11.7. The Morgan fingerprint density at radius 1 is 1.27 bits per heavy atom. The molecule has 0 aliphatic carbocycles. The molecular formula is C21H33NO4. The molecule has 1 saturated heterocycles. The van der Waals surface area contributed by atoms with Gasteiger partial charge in [0.2, 0.25) is 0 Å². The number of hydrogen-bond donors (Lipinski definition) is 2. The van der Waals surface area contributed by atoms with E-state index < -0.39 is 16.8 Å². The second kappa shape index (κ2) is 6.86. The number of amides is 1. The standard InChI is InChI=1S/C21H33NO4/c1-14-8-9-16(20(6,7)24)17(12-14)21(25)10-11-22(15(2)13-21)18(23)26-19(3,4)5/h8-9,12,15,24-25H,10-11,13H2,1-7H3/t15-,21?/m0/s1. The highest BCUT2D eigenvalue weighted by molar-refractivity contribution is 5.68. The number of rotatable bonds is 2. The van der Waals surface area contributed by atoms with Crippen LogP contribution in [0, 0.1) is 6.92 Å². The van der Waals surface area contributed by atoms with E-state index in [0.717, 1.165) is 16.7 Å². The van der Waals surface area contributed by atoms with E-state index in [4.69, 9.17) is 4.74 Å². The highest BCUT2D eigenvalue weighted by Crippen LogP contribution is 2.41. The third kappa shape index (κ3) is 4.57. The van der Waals surface area contributed by atoms with Crippen LogP contribution in [0.15, 0.2) is 18.2 Å². The van der Waals surface area contributed by atoms with Crippen molar-refractivity contribution >= 4 is 6.09 Å². The lowest BCUT2D eigenvalue weighted by Gasteiger charge is -2.44. The minimum Gasteiger partial charge on any atom is -0.444 e. The Hall–Kier alpha value is -1.59. The number of ether oxygens (including phenoxy) is 1. The number of benzene rings is 1. The number of hydrogen-bond acceptors (Lipinski definition) is 4. The number of likely N-dealkylation sites (tertiary alicyclic amines) is 1. The Morgan fingerprint density at radius 3 is 2.38 bits per heavy atom. The molecule has 26 heavy (non-hydrogen) atoms. The Morgan fingerprint density at radius 2 is 1.88 bits per heavy atom. The van der Waals surface area contributed by atoms with E-state index in [9.17, 15) is 15.0 Å². The highest BCUT2D eigenvalue weighted by atomic mass is 16.6. The molecule has 1 aliphatic heterocycles. The summed E-state index contributed by atoms with van der Waals surface area (Å²) in [6.45, 7) is 13.3. The van der Waals surface area contributed by atoms with Gasteiger partial charge < -0.3 is 19.8 Å². The first kappa shape index (κ1) is 20.7. The molecule has 1 fully saturated rings. The Kier molecular flexibility index (Phi) is 5.46. The first-order valence-electron chi connectivity index (χ1n) is 9.29. The fraction of sp³-hybridized carbons (Fsp3) is 0.667. The van der Waals surface area contributed by atoms with Crippen LogP contribution in [0.1, 0.15) is 71.1 Å². The van der Waals surface area contributed by atoms with Crippen LogP contribution in [0.2, 0.25) is 0 Å². The molecule has 2 atom stereocenters. The minimum absolute atomic E-state index is 0.168. The lowest BCUT2D eigenvalue weighted by Crippen LogP contribution is -2.52. The van der Waals surface area contributed by atoms with Crippen molar-refractivity contribution in [3.8, 4) is 0 Å². The molecule has 5 nitrogen and oxygen atoms in total. The fourth-order valence-electron chi connectivity index (χ4n) is 3.64. The molecule has 1 aromatic rings. The molecule has 0 bridgehead atoms. The number of carbonyl (C=O) groups excluding carboxylic acids is 1. The molecule has 0 spiro atoms. The van der Waals surface area contributed by atoms with Gasteiger partial charge in [0.1, 0.15) is 5.60 Å². The average Bonchev–Trinajstić information content (AvgIpc) is 2.43. The molecule has 1 amide bonds. The molecule has 0 saturated carbocycles. The maximum absolute atomic E-state index is 12.4. The van der Waals surface area contributed by atoms with Crippen LogP contribution >= 0.6 is 0 Å². The number of piperidine rings is 1. The molecule has 1 aromatic carbocycles. The van der Waals surface area contributed by atoms with Gasteiger partial charge in [-0.15, -0.1) is 0 Å². The van der Waals surface area contributed by atoms with E-state index >= 15 is 0 Å². The lowest BCUT2D eigenvalue weighted by molar-refractivity contribution is -0.0574. The van der Waals surface area contributed by atoms with Crippen LogP contribution < -0.4 is 0 Å².